The van der Waals surface area contributed by atoms with Crippen LogP contribution in [-0.2, 0) is 17.9 Å². The lowest BCUT2D eigenvalue weighted by atomic mass is 10.1. The average molecular weight is 328 g/mol. The van der Waals surface area contributed by atoms with E-state index in [4.69, 9.17) is 9.47 Å². The van der Waals surface area contributed by atoms with E-state index in [0.717, 1.165) is 22.2 Å². The van der Waals surface area contributed by atoms with Crippen LogP contribution in [0.5, 0.6) is 5.88 Å². The minimum atomic E-state index is -0.227. The second-order valence-electron chi connectivity index (χ2n) is 5.79. The van der Waals surface area contributed by atoms with Gasteiger partial charge in [0.2, 0.25) is 5.88 Å². The maximum Gasteiger partial charge on any atom is 0.238 e. The van der Waals surface area contributed by atoms with Crippen molar-refractivity contribution in [1.82, 2.24) is 9.55 Å². The molecule has 0 aliphatic rings. The van der Waals surface area contributed by atoms with Crippen LogP contribution < -0.4 is 4.74 Å². The summed E-state index contributed by atoms with van der Waals surface area (Å²) < 4.78 is 26.3. The van der Waals surface area contributed by atoms with Crippen LogP contribution >= 0.6 is 0 Å². The number of fused-ring (bicyclic) bond motifs is 1. The summed E-state index contributed by atoms with van der Waals surface area (Å²) >= 11 is 0. The van der Waals surface area contributed by atoms with Gasteiger partial charge in [-0.3, -0.25) is 0 Å². The molecule has 2 aromatic heterocycles. The molecule has 0 atom stereocenters. The van der Waals surface area contributed by atoms with E-state index in [2.05, 4.69) is 23.4 Å². The quantitative estimate of drug-likeness (QED) is 0.686. The van der Waals surface area contributed by atoms with Gasteiger partial charge in [-0.25, -0.2) is 9.37 Å². The maximum absolute atomic E-state index is 12.9. The molecule has 4 nitrogen and oxygen atoms in total. The third kappa shape index (κ3) is 3.12. The van der Waals surface area contributed by atoms with E-state index in [1.54, 1.807) is 25.4 Å². The molecule has 2 heterocycles. The van der Waals surface area contributed by atoms with Crippen LogP contribution in [-0.4, -0.2) is 23.3 Å². The first-order valence-electron chi connectivity index (χ1n) is 7.92. The molecule has 3 aromatic rings. The van der Waals surface area contributed by atoms with E-state index in [0.29, 0.717) is 25.6 Å². The highest BCUT2D eigenvalue weighted by molar-refractivity contribution is 5.88. The summed E-state index contributed by atoms with van der Waals surface area (Å²) in [6.45, 7) is 5.09. The molecule has 0 bridgehead atoms. The van der Waals surface area contributed by atoms with Gasteiger partial charge in [0.1, 0.15) is 18.1 Å². The zero-order valence-corrected chi connectivity index (χ0v) is 14.2. The number of nitrogens with zero attached hydrogens (tertiary/aromatic N) is 2. The lowest BCUT2D eigenvalue weighted by Crippen LogP contribution is -2.07. The highest BCUT2D eigenvalue weighted by atomic mass is 19.1. The summed E-state index contributed by atoms with van der Waals surface area (Å²) in [5.74, 6) is 0.373. The standard InChI is InChI=1S/C19H21FN2O2/c1-13-14(2)22(12-23-3)18-17(13)8-10-21-19(18)24-11-9-15-4-6-16(20)7-5-15/h4-8,10H,9,11-12H2,1-3H3. The molecule has 0 spiro atoms. The first-order valence-corrected chi connectivity index (χ1v) is 7.92. The van der Waals surface area contributed by atoms with Crippen molar-refractivity contribution < 1.29 is 13.9 Å². The van der Waals surface area contributed by atoms with Crippen LogP contribution in [0.4, 0.5) is 4.39 Å². The Bertz CT molecular complexity index is 841. The third-order valence-corrected chi connectivity index (χ3v) is 4.31. The van der Waals surface area contributed by atoms with Crippen LogP contribution in [0, 0.1) is 19.7 Å². The largest absolute Gasteiger partial charge is 0.476 e. The van der Waals surface area contributed by atoms with Crippen molar-refractivity contribution in [3.05, 3.63) is 59.2 Å². The van der Waals surface area contributed by atoms with Gasteiger partial charge in [0.25, 0.3) is 0 Å². The number of ether oxygens (including phenoxy) is 2. The van der Waals surface area contributed by atoms with E-state index in [1.165, 1.54) is 17.7 Å². The molecular weight excluding hydrogens is 307 g/mol. The van der Waals surface area contributed by atoms with Gasteiger partial charge >= 0.3 is 0 Å². The lowest BCUT2D eigenvalue weighted by Gasteiger charge is -2.11. The number of halogens is 1. The zero-order valence-electron chi connectivity index (χ0n) is 14.2. The number of pyridine rings is 1. The number of hydrogen-bond acceptors (Lipinski definition) is 3. The zero-order chi connectivity index (χ0) is 17.1. The van der Waals surface area contributed by atoms with Crippen molar-refractivity contribution in [1.29, 1.82) is 0 Å². The Hall–Kier alpha value is -2.40. The topological polar surface area (TPSA) is 36.3 Å². The van der Waals surface area contributed by atoms with Crippen molar-refractivity contribution >= 4 is 10.9 Å². The second kappa shape index (κ2) is 7.01. The van der Waals surface area contributed by atoms with Gasteiger partial charge in [-0.2, -0.15) is 0 Å². The first-order chi connectivity index (χ1) is 11.6. The summed E-state index contributed by atoms with van der Waals surface area (Å²) in [6, 6.07) is 8.47. The molecule has 0 radical (unpaired) electrons. The molecule has 0 N–H and O–H groups in total. The van der Waals surface area contributed by atoms with Gasteiger partial charge in [0, 0.05) is 30.8 Å². The molecule has 3 rings (SSSR count). The van der Waals surface area contributed by atoms with Gasteiger partial charge in [-0.05, 0) is 43.2 Å². The van der Waals surface area contributed by atoms with Gasteiger partial charge in [0.15, 0.2) is 0 Å². The Kier molecular flexibility index (Phi) is 4.81. The number of rotatable bonds is 6. The van der Waals surface area contributed by atoms with E-state index >= 15 is 0 Å². The normalized spacial score (nSPS) is 11.2. The minimum absolute atomic E-state index is 0.227. The summed E-state index contributed by atoms with van der Waals surface area (Å²) in [5.41, 5.74) is 4.33. The Labute approximate surface area is 140 Å². The predicted octanol–water partition coefficient (Wildman–Crippen LogP) is 4.02. The van der Waals surface area contributed by atoms with E-state index < -0.39 is 0 Å². The number of aryl methyl sites for hydroxylation is 1. The van der Waals surface area contributed by atoms with Crippen molar-refractivity contribution in [2.75, 3.05) is 13.7 Å². The Morgan fingerprint density at radius 1 is 1.12 bits per heavy atom. The fourth-order valence-corrected chi connectivity index (χ4v) is 2.88. The Morgan fingerprint density at radius 2 is 1.88 bits per heavy atom. The Balaban J connectivity index is 1.83. The van der Waals surface area contributed by atoms with E-state index in [9.17, 15) is 4.39 Å². The van der Waals surface area contributed by atoms with Crippen molar-refractivity contribution in [2.24, 2.45) is 0 Å². The lowest BCUT2D eigenvalue weighted by molar-refractivity contribution is 0.132. The highest BCUT2D eigenvalue weighted by Gasteiger charge is 2.16. The molecule has 0 fully saturated rings. The average Bonchev–Trinajstić information content (AvgIpc) is 2.83. The van der Waals surface area contributed by atoms with E-state index in [-0.39, 0.29) is 5.82 Å². The monoisotopic (exact) mass is 328 g/mol. The van der Waals surface area contributed by atoms with Gasteiger partial charge in [0.05, 0.1) is 6.61 Å². The molecule has 0 amide bonds. The molecule has 24 heavy (non-hydrogen) atoms. The Morgan fingerprint density at radius 3 is 2.58 bits per heavy atom. The number of methoxy groups -OCH3 is 1. The van der Waals surface area contributed by atoms with Crippen molar-refractivity contribution in [3.8, 4) is 5.88 Å². The highest BCUT2D eigenvalue weighted by Crippen LogP contribution is 2.30. The van der Waals surface area contributed by atoms with Crippen LogP contribution in [0.2, 0.25) is 0 Å². The molecule has 0 saturated carbocycles. The van der Waals surface area contributed by atoms with Crippen LogP contribution in [0.3, 0.4) is 0 Å². The van der Waals surface area contributed by atoms with Crippen molar-refractivity contribution in [2.45, 2.75) is 27.0 Å². The summed E-state index contributed by atoms with van der Waals surface area (Å²) in [4.78, 5) is 4.39. The second-order valence-corrected chi connectivity index (χ2v) is 5.79. The molecule has 1 aromatic carbocycles. The third-order valence-electron chi connectivity index (χ3n) is 4.31. The fraction of sp³-hybridized carbons (Fsp3) is 0.316. The summed E-state index contributed by atoms with van der Waals surface area (Å²) in [6.07, 6.45) is 2.46. The summed E-state index contributed by atoms with van der Waals surface area (Å²) in [5, 5.41) is 1.12. The fourth-order valence-electron chi connectivity index (χ4n) is 2.88. The predicted molar refractivity (Wildman–Crippen MR) is 91.8 cm³/mol. The summed E-state index contributed by atoms with van der Waals surface area (Å²) in [7, 11) is 1.67. The van der Waals surface area contributed by atoms with E-state index in [1.807, 2.05) is 6.07 Å². The molecule has 0 aliphatic heterocycles. The van der Waals surface area contributed by atoms with Gasteiger partial charge < -0.3 is 14.0 Å². The SMILES string of the molecule is COCn1c(C)c(C)c2ccnc(OCCc3ccc(F)cc3)c21. The number of benzene rings is 1. The molecule has 0 aliphatic carbocycles. The smallest absolute Gasteiger partial charge is 0.238 e. The molecule has 0 saturated heterocycles. The number of aromatic nitrogens is 2. The van der Waals surface area contributed by atoms with Crippen LogP contribution in [0.25, 0.3) is 10.9 Å². The first kappa shape index (κ1) is 16.5. The number of hydrogen-bond donors (Lipinski definition) is 0. The van der Waals surface area contributed by atoms with Crippen molar-refractivity contribution in [3.63, 3.8) is 0 Å². The molecule has 5 heteroatoms. The molecule has 0 unspecified atom stereocenters. The molecule has 126 valence electrons. The van der Waals surface area contributed by atoms with Gasteiger partial charge in [-0.15, -0.1) is 0 Å². The molecular formula is C19H21FN2O2. The van der Waals surface area contributed by atoms with Crippen LogP contribution in [0.1, 0.15) is 16.8 Å². The maximum atomic E-state index is 12.9. The van der Waals surface area contributed by atoms with Gasteiger partial charge in [-0.1, -0.05) is 12.1 Å². The van der Waals surface area contributed by atoms with Crippen LogP contribution in [0.15, 0.2) is 36.5 Å². The minimum Gasteiger partial charge on any atom is -0.476 e.